The molecule has 34 heavy (non-hydrogen) atoms. The number of hydrogen-bond acceptors (Lipinski definition) is 6. The Kier molecular flexibility index (Phi) is 6.65. The summed E-state index contributed by atoms with van der Waals surface area (Å²) in [6.45, 7) is 3.92. The molecule has 9 nitrogen and oxygen atoms in total. The standard InChI is InChI=1S/C24H24ClN5O4/c1-4-30-22-21(15(2)27-30)28(14-20(31)26-17-10-11-19(34-3)18(25)12-17)24(33)29(23(22)32)13-16-8-6-5-7-9-16/h5-12,22H,4,13-14H2,1-3H3/p+1. The first-order chi connectivity index (χ1) is 16.3. The molecule has 10 heteroatoms. The van der Waals surface area contributed by atoms with Gasteiger partial charge in [0.05, 0.1) is 12.1 Å². The first-order valence-corrected chi connectivity index (χ1v) is 11.2. The number of rotatable bonds is 7. The normalized spacial score (nSPS) is 17.6. The van der Waals surface area contributed by atoms with E-state index < -0.39 is 18.0 Å². The predicted octanol–water partition coefficient (Wildman–Crippen LogP) is 2.98. The van der Waals surface area contributed by atoms with Crippen LogP contribution in [0.5, 0.6) is 5.75 Å². The fourth-order valence-corrected chi connectivity index (χ4v) is 4.38. The van der Waals surface area contributed by atoms with Crippen molar-refractivity contribution in [2.45, 2.75) is 26.4 Å². The second-order valence-electron chi connectivity index (χ2n) is 7.91. The van der Waals surface area contributed by atoms with E-state index in [-0.39, 0.29) is 19.0 Å². The van der Waals surface area contributed by atoms with Gasteiger partial charge in [0.25, 0.3) is 5.91 Å². The average molecular weight is 483 g/mol. The van der Waals surface area contributed by atoms with Gasteiger partial charge in [0, 0.05) is 12.2 Å². The van der Waals surface area contributed by atoms with Crippen molar-refractivity contribution in [1.29, 1.82) is 0 Å². The highest BCUT2D eigenvalue weighted by Gasteiger charge is 2.54. The molecule has 0 bridgehead atoms. The third kappa shape index (κ3) is 4.38. The summed E-state index contributed by atoms with van der Waals surface area (Å²) in [5.41, 5.74) is 2.24. The number of benzene rings is 2. The van der Waals surface area contributed by atoms with E-state index in [1.54, 1.807) is 30.1 Å². The number of likely N-dealkylation sites (N-methyl/N-ethyl adjacent to an activating group) is 1. The highest BCUT2D eigenvalue weighted by atomic mass is 35.5. The van der Waals surface area contributed by atoms with Crippen LogP contribution in [-0.2, 0) is 16.1 Å². The van der Waals surface area contributed by atoms with Crippen LogP contribution in [-0.4, -0.2) is 70.0 Å². The molecule has 2 aromatic carbocycles. The number of halogens is 1. The van der Waals surface area contributed by atoms with Crippen molar-refractivity contribution in [3.8, 4) is 5.75 Å². The van der Waals surface area contributed by atoms with E-state index in [0.29, 0.717) is 34.4 Å². The zero-order valence-corrected chi connectivity index (χ0v) is 19.9. The maximum absolute atomic E-state index is 13.5. The monoisotopic (exact) mass is 482 g/mol. The first kappa shape index (κ1) is 23.4. The Morgan fingerprint density at radius 2 is 1.94 bits per heavy atom. The van der Waals surface area contributed by atoms with Crippen molar-refractivity contribution in [3.63, 3.8) is 0 Å². The summed E-state index contributed by atoms with van der Waals surface area (Å²) < 4.78 is 6.47. The van der Waals surface area contributed by atoms with Crippen LogP contribution in [0.4, 0.5) is 10.5 Å². The smallest absolute Gasteiger partial charge is 0.495 e. The van der Waals surface area contributed by atoms with Gasteiger partial charge >= 0.3 is 11.9 Å². The fourth-order valence-electron chi connectivity index (χ4n) is 4.12. The van der Waals surface area contributed by atoms with Gasteiger partial charge in [-0.15, -0.1) is 0 Å². The van der Waals surface area contributed by atoms with Crippen molar-refractivity contribution in [3.05, 3.63) is 59.1 Å². The quantitative estimate of drug-likeness (QED) is 0.612. The Morgan fingerprint density at radius 3 is 2.59 bits per heavy atom. The number of amides is 4. The van der Waals surface area contributed by atoms with Crippen molar-refractivity contribution >= 4 is 46.6 Å². The lowest BCUT2D eigenvalue weighted by atomic mass is 10.0. The molecule has 2 heterocycles. The minimum Gasteiger partial charge on any atom is -0.495 e. The number of carbonyl (C=O) groups excluding carboxylic acids is 3. The lowest BCUT2D eigenvalue weighted by Gasteiger charge is -2.28. The minimum atomic E-state index is -0.755. The third-order valence-corrected chi connectivity index (χ3v) is 6.00. The van der Waals surface area contributed by atoms with Crippen molar-refractivity contribution in [2.24, 2.45) is 5.10 Å². The fraction of sp³-hybridized carbons (Fsp3) is 0.292. The molecule has 2 aliphatic rings. The molecule has 1 atom stereocenters. The molecule has 0 fully saturated rings. The van der Waals surface area contributed by atoms with Gasteiger partial charge in [-0.1, -0.05) is 41.9 Å². The zero-order valence-electron chi connectivity index (χ0n) is 19.1. The molecule has 1 unspecified atom stereocenters. The van der Waals surface area contributed by atoms with Crippen molar-refractivity contribution in [2.75, 3.05) is 25.5 Å². The summed E-state index contributed by atoms with van der Waals surface area (Å²) in [5.74, 6) is -0.306. The van der Waals surface area contributed by atoms with E-state index >= 15 is 0 Å². The van der Waals surface area contributed by atoms with Crippen LogP contribution in [0.15, 0.2) is 53.6 Å². The second kappa shape index (κ2) is 9.64. The van der Waals surface area contributed by atoms with Gasteiger partial charge in [0.1, 0.15) is 18.0 Å². The Morgan fingerprint density at radius 1 is 1.21 bits per heavy atom. The number of carbonyl (C=O) groups is 3. The van der Waals surface area contributed by atoms with E-state index in [1.165, 1.54) is 16.6 Å². The van der Waals surface area contributed by atoms with Gasteiger partial charge in [0.15, 0.2) is 12.3 Å². The number of anilines is 1. The number of nitrogens with zero attached hydrogens (tertiary/aromatic N) is 4. The molecular formula is C24H25ClN5O4+. The van der Waals surface area contributed by atoms with Gasteiger partial charge in [-0.05, 0) is 37.6 Å². The number of hydrogen-bond donors (Lipinski definition) is 1. The molecule has 0 radical (unpaired) electrons. The number of hydrazone groups is 1. The highest BCUT2D eigenvalue weighted by Crippen LogP contribution is 2.27. The minimum absolute atomic E-state index is 0.102. The van der Waals surface area contributed by atoms with Crippen LogP contribution in [0.1, 0.15) is 19.4 Å². The highest BCUT2D eigenvalue weighted by molar-refractivity contribution is 6.48. The van der Waals surface area contributed by atoms with Gasteiger partial charge in [-0.2, -0.15) is 19.4 Å². The van der Waals surface area contributed by atoms with Gasteiger partial charge < -0.3 is 10.1 Å². The predicted molar refractivity (Wildman–Crippen MR) is 128 cm³/mol. The van der Waals surface area contributed by atoms with Crippen LogP contribution >= 0.6 is 11.6 Å². The number of methoxy groups -OCH3 is 1. The first-order valence-electron chi connectivity index (χ1n) is 10.8. The van der Waals surface area contributed by atoms with Crippen LogP contribution in [0.2, 0.25) is 5.02 Å². The molecule has 4 amide bonds. The Bertz CT molecular complexity index is 1210. The second-order valence-corrected chi connectivity index (χ2v) is 8.31. The molecule has 0 saturated heterocycles. The molecule has 2 aromatic rings. The van der Waals surface area contributed by atoms with Gasteiger partial charge in [0.2, 0.25) is 6.04 Å². The maximum atomic E-state index is 13.5. The van der Waals surface area contributed by atoms with Crippen LogP contribution < -0.4 is 10.1 Å². The Hall–Kier alpha value is -3.72. The Labute approximate surface area is 202 Å². The third-order valence-electron chi connectivity index (χ3n) is 5.70. The summed E-state index contributed by atoms with van der Waals surface area (Å²) in [6, 6.07) is 12.8. The number of imide groups is 1. The number of urea groups is 1. The van der Waals surface area contributed by atoms with Crippen LogP contribution in [0, 0.1) is 0 Å². The van der Waals surface area contributed by atoms with E-state index in [4.69, 9.17) is 16.3 Å². The van der Waals surface area contributed by atoms with E-state index in [1.807, 2.05) is 37.3 Å². The summed E-state index contributed by atoms with van der Waals surface area (Å²) >= 11 is 6.15. The topological polar surface area (TPSA) is 94.3 Å². The van der Waals surface area contributed by atoms with E-state index in [2.05, 4.69) is 10.4 Å². The van der Waals surface area contributed by atoms with Crippen molar-refractivity contribution < 1.29 is 23.7 Å². The number of fused-ring (bicyclic) bond motifs is 1. The van der Waals surface area contributed by atoms with E-state index in [0.717, 1.165) is 5.56 Å². The molecule has 1 N–H and O–H groups in total. The molecule has 2 aliphatic heterocycles. The molecule has 0 aliphatic carbocycles. The SMILES string of the molecule is CCN1N=C(C)C2=[N+](CC(=O)Nc3ccc(OC)c(Cl)c3)C(=O)N(Cc3ccccc3)C(=O)C21. The molecule has 0 aromatic heterocycles. The lowest BCUT2D eigenvalue weighted by molar-refractivity contribution is -0.427. The summed E-state index contributed by atoms with van der Waals surface area (Å²) in [5, 5.41) is 9.21. The van der Waals surface area contributed by atoms with Crippen molar-refractivity contribution in [1.82, 2.24) is 9.91 Å². The van der Waals surface area contributed by atoms with Gasteiger partial charge in [-0.25, -0.2) is 4.79 Å². The molecular weight excluding hydrogens is 458 g/mol. The van der Waals surface area contributed by atoms with Gasteiger partial charge in [-0.3, -0.25) is 9.80 Å². The zero-order chi connectivity index (χ0) is 24.4. The maximum Gasteiger partial charge on any atom is 0.501 e. The van der Waals surface area contributed by atoms with E-state index in [9.17, 15) is 14.4 Å². The summed E-state index contributed by atoms with van der Waals surface area (Å²) in [4.78, 5) is 41.0. The number of nitrogens with one attached hydrogen (secondary N) is 1. The summed E-state index contributed by atoms with van der Waals surface area (Å²) in [7, 11) is 1.50. The average Bonchev–Trinajstić information content (AvgIpc) is 3.16. The molecule has 176 valence electrons. The molecule has 0 saturated carbocycles. The molecule has 4 rings (SSSR count). The molecule has 0 spiro atoms. The summed E-state index contributed by atoms with van der Waals surface area (Å²) in [6.07, 6.45) is 0. The van der Waals surface area contributed by atoms with Crippen LogP contribution in [0.3, 0.4) is 0 Å². The lowest BCUT2D eigenvalue weighted by Crippen LogP contribution is -2.61. The largest absolute Gasteiger partial charge is 0.501 e. The number of ether oxygens (including phenoxy) is 1. The van der Waals surface area contributed by atoms with Crippen LogP contribution in [0.25, 0.3) is 0 Å². The Balaban J connectivity index is 1.64.